The Morgan fingerprint density at radius 1 is 0.788 bits per heavy atom. The third-order valence-corrected chi connectivity index (χ3v) is 8.73. The number of nitro benzene ring substituents is 2. The van der Waals surface area contributed by atoms with E-state index in [2.05, 4.69) is 15.7 Å². The van der Waals surface area contributed by atoms with Gasteiger partial charge in [0.15, 0.2) is 17.1 Å². The second-order valence-electron chi connectivity index (χ2n) is 15.3. The quantitative estimate of drug-likeness (QED) is 0.0252. The van der Waals surface area contributed by atoms with E-state index in [4.69, 9.17) is 39.9 Å². The standard InChI is InChI=1S/C42H58N10O14/c1-42(2,3)66-41(56)50(15-11-36(53)61-6)31-27-47-49(28-31)14-9-10-17-64-34-25-29(39(43)54)23-32(51(57)58)37(34)45-12-7-8-13-46-38-33(52(59)60)24-30(40(44)55)26-35(38)65-22-21-63-20-19-62-18-16-48(4)5/h7-10,23-28,45-46H,11-22H2,1-6H3,(H2,43,54)(H2,44,55)/b8-7+,10-9+. The molecule has 0 radical (unpaired) electrons. The number of ether oxygens (including phenoxy) is 6. The largest absolute Gasteiger partial charge is 0.489 e. The van der Waals surface area contributed by atoms with E-state index in [1.165, 1.54) is 35.0 Å². The van der Waals surface area contributed by atoms with Crippen molar-refractivity contribution in [2.75, 3.05) is 103 Å². The van der Waals surface area contributed by atoms with Crippen LogP contribution in [0.25, 0.3) is 0 Å². The van der Waals surface area contributed by atoms with Crippen molar-refractivity contribution in [3.8, 4) is 11.5 Å². The molecular formula is C42H58N10O14. The number of aromatic nitrogens is 2. The van der Waals surface area contributed by atoms with Crippen LogP contribution < -0.4 is 36.5 Å². The molecule has 6 N–H and O–H groups in total. The van der Waals surface area contributed by atoms with E-state index in [1.54, 1.807) is 51.3 Å². The molecule has 3 rings (SSSR count). The Morgan fingerprint density at radius 2 is 1.33 bits per heavy atom. The van der Waals surface area contributed by atoms with Gasteiger partial charge in [-0.2, -0.15) is 5.10 Å². The predicted molar refractivity (Wildman–Crippen MR) is 242 cm³/mol. The fourth-order valence-corrected chi connectivity index (χ4v) is 5.55. The highest BCUT2D eigenvalue weighted by molar-refractivity contribution is 5.96. The molecule has 3 aromatic rings. The summed E-state index contributed by atoms with van der Waals surface area (Å²) < 4.78 is 34.4. The van der Waals surface area contributed by atoms with Crippen LogP contribution in [0.15, 0.2) is 61.0 Å². The Balaban J connectivity index is 1.69. The molecule has 24 nitrogen and oxygen atoms in total. The van der Waals surface area contributed by atoms with Crippen LogP contribution in [0.5, 0.6) is 11.5 Å². The smallest absolute Gasteiger partial charge is 0.414 e. The molecule has 0 aliphatic carbocycles. The molecule has 0 aliphatic rings. The van der Waals surface area contributed by atoms with Gasteiger partial charge in [0.1, 0.15) is 24.6 Å². The van der Waals surface area contributed by atoms with Crippen LogP contribution >= 0.6 is 0 Å². The average molecular weight is 927 g/mol. The molecule has 0 saturated heterocycles. The number of nitrogens with one attached hydrogen (secondary N) is 2. The van der Waals surface area contributed by atoms with Crippen molar-refractivity contribution in [3.63, 3.8) is 0 Å². The lowest BCUT2D eigenvalue weighted by atomic mass is 10.1. The summed E-state index contributed by atoms with van der Waals surface area (Å²) in [5.41, 5.74) is 9.13. The number of hydrogen-bond donors (Lipinski definition) is 4. The molecular weight excluding hydrogens is 869 g/mol. The van der Waals surface area contributed by atoms with Gasteiger partial charge in [-0.1, -0.05) is 18.2 Å². The van der Waals surface area contributed by atoms with Crippen molar-refractivity contribution in [1.82, 2.24) is 14.7 Å². The number of rotatable bonds is 29. The normalized spacial score (nSPS) is 11.4. The zero-order chi connectivity index (χ0) is 48.8. The Morgan fingerprint density at radius 3 is 1.85 bits per heavy atom. The molecule has 2 aromatic carbocycles. The highest BCUT2D eigenvalue weighted by atomic mass is 16.6. The molecule has 24 heteroatoms. The summed E-state index contributed by atoms with van der Waals surface area (Å²) in [7, 11) is 5.11. The zero-order valence-corrected chi connectivity index (χ0v) is 37.8. The molecule has 0 spiro atoms. The number of carbonyl (C=O) groups excluding carboxylic acids is 4. The fraction of sp³-hybridized carbons (Fsp3) is 0.452. The highest BCUT2D eigenvalue weighted by Gasteiger charge is 2.26. The van der Waals surface area contributed by atoms with Gasteiger partial charge in [-0.25, -0.2) is 4.79 Å². The average Bonchev–Trinajstić information content (AvgIpc) is 3.71. The molecule has 0 aliphatic heterocycles. The molecule has 360 valence electrons. The van der Waals surface area contributed by atoms with Gasteiger partial charge >= 0.3 is 12.1 Å². The molecule has 0 fully saturated rings. The number of nitrogens with zero attached hydrogens (tertiary/aromatic N) is 6. The van der Waals surface area contributed by atoms with Gasteiger partial charge in [0, 0.05) is 55.6 Å². The third-order valence-electron chi connectivity index (χ3n) is 8.73. The SMILES string of the molecule is COC(=O)CCN(C(=O)OC(C)(C)C)c1cnn(C/C=C/COc2cc(C(N)=O)cc([N+](=O)[O-])c2NC/C=C/CNc2c(OCCOCCOCCN(C)C)cc(C(N)=O)cc2[N+](=O)[O-])c1. The van der Waals surface area contributed by atoms with E-state index in [-0.39, 0.29) is 86.4 Å². The number of nitro groups is 2. The molecule has 3 amide bonds. The van der Waals surface area contributed by atoms with Gasteiger partial charge in [0.2, 0.25) is 11.8 Å². The zero-order valence-electron chi connectivity index (χ0n) is 37.8. The van der Waals surface area contributed by atoms with E-state index < -0.39 is 50.7 Å². The monoisotopic (exact) mass is 926 g/mol. The Bertz CT molecular complexity index is 2200. The number of esters is 1. The van der Waals surface area contributed by atoms with Crippen molar-refractivity contribution >= 4 is 52.3 Å². The minimum atomic E-state index is -0.924. The maximum Gasteiger partial charge on any atom is 0.414 e. The maximum atomic E-state index is 12.9. The van der Waals surface area contributed by atoms with E-state index in [1.807, 2.05) is 19.0 Å². The minimum absolute atomic E-state index is 0.00548. The lowest BCUT2D eigenvalue weighted by Crippen LogP contribution is -2.38. The van der Waals surface area contributed by atoms with Gasteiger partial charge in [-0.15, -0.1) is 0 Å². The number of nitrogens with two attached hydrogens (primary N) is 2. The first kappa shape index (κ1) is 53.0. The van der Waals surface area contributed by atoms with Gasteiger partial charge in [0.05, 0.1) is 68.2 Å². The second-order valence-corrected chi connectivity index (χ2v) is 15.3. The predicted octanol–water partition coefficient (Wildman–Crippen LogP) is 3.89. The minimum Gasteiger partial charge on any atom is -0.489 e. The summed E-state index contributed by atoms with van der Waals surface area (Å²) in [6.07, 6.45) is 8.71. The second kappa shape index (κ2) is 26.5. The first-order valence-corrected chi connectivity index (χ1v) is 20.5. The summed E-state index contributed by atoms with van der Waals surface area (Å²) in [5, 5.41) is 34.3. The first-order chi connectivity index (χ1) is 31.3. The van der Waals surface area contributed by atoms with E-state index in [0.717, 1.165) is 18.7 Å². The topological polar surface area (TPSA) is 310 Å². The van der Waals surface area contributed by atoms with Crippen LogP contribution in [0.4, 0.5) is 33.2 Å². The number of methoxy groups -OCH3 is 1. The molecule has 0 atom stereocenters. The molecule has 0 saturated carbocycles. The van der Waals surface area contributed by atoms with Crippen LogP contribution in [-0.2, 0) is 30.3 Å². The number of carbonyl (C=O) groups is 4. The number of primary amides is 2. The number of benzene rings is 2. The van der Waals surface area contributed by atoms with E-state index >= 15 is 0 Å². The summed E-state index contributed by atoms with van der Waals surface area (Å²) in [6.45, 7) is 7.29. The Labute approximate surface area is 381 Å². The van der Waals surface area contributed by atoms with Crippen molar-refractivity contribution in [3.05, 3.63) is 92.3 Å². The summed E-state index contributed by atoms with van der Waals surface area (Å²) in [6, 6.07) is 4.59. The van der Waals surface area contributed by atoms with Gasteiger partial charge in [-0.3, -0.25) is 44.2 Å². The lowest BCUT2D eigenvalue weighted by Gasteiger charge is -2.26. The number of likely N-dealkylation sites (N-methyl/N-ethyl adjacent to an activating group) is 1. The number of anilines is 3. The van der Waals surface area contributed by atoms with Crippen LogP contribution in [0.1, 0.15) is 47.9 Å². The summed E-state index contributed by atoms with van der Waals surface area (Å²) in [5.74, 6) is -2.40. The summed E-state index contributed by atoms with van der Waals surface area (Å²) in [4.78, 5) is 74.9. The Hall–Kier alpha value is -7.31. The van der Waals surface area contributed by atoms with Crippen molar-refractivity contribution in [2.45, 2.75) is 39.3 Å². The molecule has 1 heterocycles. The summed E-state index contributed by atoms with van der Waals surface area (Å²) >= 11 is 0. The fourth-order valence-electron chi connectivity index (χ4n) is 5.55. The third kappa shape index (κ3) is 18.1. The van der Waals surface area contributed by atoms with Crippen LogP contribution in [0.2, 0.25) is 0 Å². The van der Waals surface area contributed by atoms with Crippen molar-refractivity contribution < 1.29 is 57.4 Å². The van der Waals surface area contributed by atoms with Gasteiger partial charge < -0.3 is 55.4 Å². The van der Waals surface area contributed by atoms with Gasteiger partial charge in [0.25, 0.3) is 11.4 Å². The van der Waals surface area contributed by atoms with Crippen LogP contribution in [0, 0.1) is 20.2 Å². The Kier molecular flexibility index (Phi) is 21.3. The molecule has 66 heavy (non-hydrogen) atoms. The van der Waals surface area contributed by atoms with Crippen LogP contribution in [-0.4, -0.2) is 141 Å². The van der Waals surface area contributed by atoms with E-state index in [0.29, 0.717) is 25.5 Å². The molecule has 0 bridgehead atoms. The molecule has 0 unspecified atom stereocenters. The number of hydrogen-bond acceptors (Lipinski definition) is 18. The maximum absolute atomic E-state index is 12.9. The first-order valence-electron chi connectivity index (χ1n) is 20.5. The van der Waals surface area contributed by atoms with Crippen molar-refractivity contribution in [1.29, 1.82) is 0 Å². The number of amides is 3. The van der Waals surface area contributed by atoms with Gasteiger partial charge in [-0.05, 0) is 53.1 Å². The van der Waals surface area contributed by atoms with Crippen LogP contribution in [0.3, 0.4) is 0 Å². The number of allylic oxidation sites excluding steroid dienone is 1. The lowest BCUT2D eigenvalue weighted by molar-refractivity contribution is -0.384. The highest BCUT2D eigenvalue weighted by Crippen LogP contribution is 2.37. The van der Waals surface area contributed by atoms with E-state index in [9.17, 15) is 39.4 Å². The molecule has 1 aromatic heterocycles. The van der Waals surface area contributed by atoms with Crippen molar-refractivity contribution in [2.24, 2.45) is 11.5 Å².